The Morgan fingerprint density at radius 2 is 2.15 bits per heavy atom. The van der Waals surface area contributed by atoms with Gasteiger partial charge in [-0.2, -0.15) is 4.73 Å². The predicted molar refractivity (Wildman–Crippen MR) is 70.6 cm³/mol. The Labute approximate surface area is 111 Å². The highest BCUT2D eigenvalue weighted by atomic mass is 16.5. The van der Waals surface area contributed by atoms with E-state index in [1.165, 1.54) is 20.2 Å². The van der Waals surface area contributed by atoms with Gasteiger partial charge in [-0.1, -0.05) is 0 Å². The molecule has 2 aromatic heterocycles. The fourth-order valence-electron chi connectivity index (χ4n) is 2.03. The maximum absolute atomic E-state index is 12.3. The molecular formula is C12H10N4O4. The average Bonchev–Trinajstić information content (AvgIpc) is 2.44. The van der Waals surface area contributed by atoms with Crippen molar-refractivity contribution in [3.8, 4) is 5.75 Å². The SMILES string of the molecule is COc1ccc2nc3c(c(=O)[nH]c(=O)n3C)[n+]([O-])c2c1. The zero-order valence-electron chi connectivity index (χ0n) is 10.7. The summed E-state index contributed by atoms with van der Waals surface area (Å²) in [5, 5.41) is 12.3. The highest BCUT2D eigenvalue weighted by Crippen LogP contribution is 2.17. The first kappa shape index (κ1) is 12.2. The lowest BCUT2D eigenvalue weighted by atomic mass is 10.2. The van der Waals surface area contributed by atoms with Crippen molar-refractivity contribution in [2.45, 2.75) is 0 Å². The van der Waals surface area contributed by atoms with Crippen LogP contribution in [0.3, 0.4) is 0 Å². The second-order valence-electron chi connectivity index (χ2n) is 4.25. The predicted octanol–water partition coefficient (Wildman–Crippen LogP) is -0.583. The zero-order chi connectivity index (χ0) is 14.4. The Kier molecular flexibility index (Phi) is 2.46. The van der Waals surface area contributed by atoms with E-state index in [4.69, 9.17) is 4.74 Å². The van der Waals surface area contributed by atoms with Crippen molar-refractivity contribution in [1.82, 2.24) is 14.5 Å². The number of fused-ring (bicyclic) bond motifs is 2. The van der Waals surface area contributed by atoms with E-state index in [1.54, 1.807) is 12.1 Å². The molecule has 8 heteroatoms. The molecule has 20 heavy (non-hydrogen) atoms. The van der Waals surface area contributed by atoms with Crippen LogP contribution < -0.4 is 20.7 Å². The van der Waals surface area contributed by atoms with Crippen LogP contribution in [0, 0.1) is 5.21 Å². The lowest BCUT2D eigenvalue weighted by Gasteiger charge is -2.07. The van der Waals surface area contributed by atoms with Gasteiger partial charge in [-0.25, -0.2) is 9.78 Å². The van der Waals surface area contributed by atoms with Crippen LogP contribution in [-0.2, 0) is 7.05 Å². The van der Waals surface area contributed by atoms with Crippen LogP contribution in [0.15, 0.2) is 27.8 Å². The monoisotopic (exact) mass is 274 g/mol. The van der Waals surface area contributed by atoms with Crippen LogP contribution in [-0.4, -0.2) is 21.6 Å². The summed E-state index contributed by atoms with van der Waals surface area (Å²) < 4.78 is 6.62. The number of H-pyrrole nitrogens is 1. The summed E-state index contributed by atoms with van der Waals surface area (Å²) in [5.41, 5.74) is -1.01. The second kappa shape index (κ2) is 4.05. The van der Waals surface area contributed by atoms with Gasteiger partial charge in [-0.05, 0) is 12.1 Å². The van der Waals surface area contributed by atoms with Crippen LogP contribution >= 0.6 is 0 Å². The van der Waals surface area contributed by atoms with Crippen LogP contribution in [0.25, 0.3) is 22.2 Å². The third-order valence-electron chi connectivity index (χ3n) is 3.10. The van der Waals surface area contributed by atoms with Gasteiger partial charge >= 0.3 is 16.8 Å². The fourth-order valence-corrected chi connectivity index (χ4v) is 2.03. The Balaban J connectivity index is 2.61. The van der Waals surface area contributed by atoms with E-state index in [1.807, 2.05) is 0 Å². The number of aromatic nitrogens is 4. The van der Waals surface area contributed by atoms with Crippen molar-refractivity contribution in [1.29, 1.82) is 0 Å². The smallest absolute Gasteiger partial charge is 0.330 e. The maximum atomic E-state index is 12.3. The van der Waals surface area contributed by atoms with Gasteiger partial charge < -0.3 is 9.94 Å². The normalized spacial score (nSPS) is 11.1. The van der Waals surface area contributed by atoms with E-state index in [9.17, 15) is 14.8 Å². The molecule has 8 nitrogen and oxygen atoms in total. The number of hydrogen-bond acceptors (Lipinski definition) is 5. The first-order valence-electron chi connectivity index (χ1n) is 5.73. The molecule has 0 spiro atoms. The largest absolute Gasteiger partial charge is 0.618 e. The van der Waals surface area contributed by atoms with Crippen molar-refractivity contribution in [2.75, 3.05) is 7.11 Å². The molecule has 0 aliphatic carbocycles. The van der Waals surface area contributed by atoms with E-state index in [0.717, 1.165) is 4.57 Å². The van der Waals surface area contributed by atoms with E-state index in [2.05, 4.69) is 9.97 Å². The van der Waals surface area contributed by atoms with Gasteiger partial charge in [-0.15, -0.1) is 0 Å². The van der Waals surface area contributed by atoms with Gasteiger partial charge in [0.15, 0.2) is 0 Å². The van der Waals surface area contributed by atoms with E-state index >= 15 is 0 Å². The summed E-state index contributed by atoms with van der Waals surface area (Å²) in [6.45, 7) is 0. The summed E-state index contributed by atoms with van der Waals surface area (Å²) in [5.74, 6) is 0.476. The van der Waals surface area contributed by atoms with Crippen molar-refractivity contribution in [3.05, 3.63) is 44.2 Å². The lowest BCUT2D eigenvalue weighted by Crippen LogP contribution is -2.40. The molecule has 3 rings (SSSR count). The van der Waals surface area contributed by atoms with Gasteiger partial charge in [0.1, 0.15) is 11.3 Å². The molecule has 1 aromatic carbocycles. The molecule has 0 atom stereocenters. The molecule has 0 fully saturated rings. The number of nitrogens with one attached hydrogen (secondary N) is 1. The summed E-state index contributed by atoms with van der Waals surface area (Å²) in [7, 11) is 2.91. The topological polar surface area (TPSA) is 104 Å². The Morgan fingerprint density at radius 3 is 2.85 bits per heavy atom. The minimum Gasteiger partial charge on any atom is -0.618 e. The molecule has 0 unspecified atom stereocenters. The minimum atomic E-state index is -0.768. The van der Waals surface area contributed by atoms with Gasteiger partial charge in [0, 0.05) is 7.05 Å². The van der Waals surface area contributed by atoms with Crippen molar-refractivity contribution in [2.24, 2.45) is 7.05 Å². The first-order valence-corrected chi connectivity index (χ1v) is 5.73. The molecular weight excluding hydrogens is 264 g/mol. The molecule has 0 aliphatic rings. The summed E-state index contributed by atoms with van der Waals surface area (Å²) in [6, 6.07) is 4.72. The van der Waals surface area contributed by atoms with Crippen LogP contribution in [0.4, 0.5) is 0 Å². The van der Waals surface area contributed by atoms with E-state index < -0.39 is 11.2 Å². The minimum absolute atomic E-state index is 0.0337. The number of rotatable bonds is 1. The third kappa shape index (κ3) is 1.54. The van der Waals surface area contributed by atoms with Gasteiger partial charge in [0.05, 0.1) is 13.2 Å². The molecule has 2 heterocycles. The lowest BCUT2D eigenvalue weighted by molar-refractivity contribution is -0.549. The fraction of sp³-hybridized carbons (Fsp3) is 0.167. The first-order chi connectivity index (χ1) is 9.52. The molecule has 3 aromatic rings. The van der Waals surface area contributed by atoms with Crippen LogP contribution in [0.5, 0.6) is 5.75 Å². The molecule has 0 saturated carbocycles. The van der Waals surface area contributed by atoms with Crippen LogP contribution in [0.2, 0.25) is 0 Å². The summed E-state index contributed by atoms with van der Waals surface area (Å²) in [4.78, 5) is 29.6. The number of benzene rings is 1. The van der Waals surface area contributed by atoms with Crippen molar-refractivity contribution in [3.63, 3.8) is 0 Å². The molecule has 0 bridgehead atoms. The highest BCUT2D eigenvalue weighted by Gasteiger charge is 2.19. The summed E-state index contributed by atoms with van der Waals surface area (Å²) >= 11 is 0. The standard InChI is InChI=1S/C12H10N4O4/c1-15-10-9(11(17)14-12(15)18)16(19)8-5-6(20-2)3-4-7(8)13-10/h3-5H,1-2H3,(H,14,17,18). The van der Waals surface area contributed by atoms with Crippen LogP contribution in [0.1, 0.15) is 0 Å². The molecule has 1 N–H and O–H groups in total. The number of hydrogen-bond donors (Lipinski definition) is 1. The number of ether oxygens (including phenoxy) is 1. The molecule has 0 radical (unpaired) electrons. The van der Waals surface area contributed by atoms with E-state index in [-0.39, 0.29) is 16.7 Å². The molecule has 0 amide bonds. The molecule has 102 valence electrons. The number of methoxy groups -OCH3 is 1. The van der Waals surface area contributed by atoms with Crippen molar-refractivity contribution >= 4 is 22.2 Å². The second-order valence-corrected chi connectivity index (χ2v) is 4.25. The van der Waals surface area contributed by atoms with Gasteiger partial charge in [0.2, 0.25) is 11.2 Å². The molecule has 0 saturated heterocycles. The maximum Gasteiger partial charge on any atom is 0.330 e. The van der Waals surface area contributed by atoms with Gasteiger partial charge in [-0.3, -0.25) is 14.3 Å². The molecule has 0 aliphatic heterocycles. The number of nitrogens with zero attached hydrogens (tertiary/aromatic N) is 3. The van der Waals surface area contributed by atoms with E-state index in [0.29, 0.717) is 16.0 Å². The number of aromatic amines is 1. The zero-order valence-corrected chi connectivity index (χ0v) is 10.7. The van der Waals surface area contributed by atoms with Gasteiger partial charge in [0.25, 0.3) is 0 Å². The highest BCUT2D eigenvalue weighted by molar-refractivity contribution is 5.80. The average molecular weight is 274 g/mol. The summed E-state index contributed by atoms with van der Waals surface area (Å²) in [6.07, 6.45) is 0. The number of aryl methyl sites for hydroxylation is 1. The Morgan fingerprint density at radius 1 is 1.40 bits per heavy atom. The van der Waals surface area contributed by atoms with Crippen molar-refractivity contribution < 1.29 is 9.47 Å². The quantitative estimate of drug-likeness (QED) is 0.363. The Hall–Kier alpha value is -2.90. The Bertz CT molecular complexity index is 957. The third-order valence-corrected chi connectivity index (χ3v) is 3.10.